The van der Waals surface area contributed by atoms with Gasteiger partial charge in [-0.3, -0.25) is 0 Å². The molecule has 0 aromatic carbocycles. The van der Waals surface area contributed by atoms with Crippen molar-refractivity contribution in [2.75, 3.05) is 0 Å². The normalized spacial score (nSPS) is 9.64. The van der Waals surface area contributed by atoms with Gasteiger partial charge in [0.25, 0.3) is 0 Å². The highest BCUT2D eigenvalue weighted by Crippen LogP contribution is 2.21. The minimum Gasteiger partial charge on any atom is -0.478 e. The van der Waals surface area contributed by atoms with Crippen molar-refractivity contribution in [3.63, 3.8) is 0 Å². The maximum atomic E-state index is 10.5. The molecule has 1 rings (SSSR count). The van der Waals surface area contributed by atoms with E-state index in [9.17, 15) is 4.79 Å². The second-order valence-electron chi connectivity index (χ2n) is 1.76. The van der Waals surface area contributed by atoms with Gasteiger partial charge in [-0.05, 0) is 22.0 Å². The van der Waals surface area contributed by atoms with E-state index in [0.717, 1.165) is 0 Å². The molecular formula is C6H3BrClNO2. The Morgan fingerprint density at radius 1 is 1.73 bits per heavy atom. The van der Waals surface area contributed by atoms with Crippen LogP contribution >= 0.6 is 27.5 Å². The van der Waals surface area contributed by atoms with Crippen LogP contribution in [-0.2, 0) is 0 Å². The molecule has 0 atom stereocenters. The Kier molecular flexibility index (Phi) is 2.46. The van der Waals surface area contributed by atoms with Gasteiger partial charge in [0, 0.05) is 6.20 Å². The molecule has 0 aliphatic carbocycles. The Hall–Kier alpha value is -0.610. The fraction of sp³-hybridized carbons (Fsp3) is 0. The van der Waals surface area contributed by atoms with E-state index < -0.39 is 5.97 Å². The number of hydrogen-bond donors (Lipinski definition) is 1. The van der Waals surface area contributed by atoms with Crippen LogP contribution < -0.4 is 0 Å². The first-order valence-corrected chi connectivity index (χ1v) is 3.83. The molecule has 0 radical (unpaired) electrons. The first-order valence-electron chi connectivity index (χ1n) is 2.66. The van der Waals surface area contributed by atoms with Gasteiger partial charge in [0.2, 0.25) is 0 Å². The molecule has 11 heavy (non-hydrogen) atoms. The minimum atomic E-state index is -1.09. The molecule has 0 aliphatic rings. The third-order valence-electron chi connectivity index (χ3n) is 1.07. The number of halogens is 2. The number of carboxylic acids is 1. The van der Waals surface area contributed by atoms with Gasteiger partial charge in [-0.15, -0.1) is 0 Å². The molecule has 0 unspecified atom stereocenters. The lowest BCUT2D eigenvalue weighted by Crippen LogP contribution is -1.99. The summed E-state index contributed by atoms with van der Waals surface area (Å²) >= 11 is 8.54. The van der Waals surface area contributed by atoms with Crippen LogP contribution in [0.4, 0.5) is 0 Å². The van der Waals surface area contributed by atoms with Crippen molar-refractivity contribution in [1.29, 1.82) is 0 Å². The van der Waals surface area contributed by atoms with Gasteiger partial charge < -0.3 is 5.11 Å². The van der Waals surface area contributed by atoms with Gasteiger partial charge in [-0.1, -0.05) is 11.6 Å². The lowest BCUT2D eigenvalue weighted by Gasteiger charge is -1.98. The summed E-state index contributed by atoms with van der Waals surface area (Å²) in [6.07, 6.45) is 1.43. The Morgan fingerprint density at radius 2 is 2.36 bits per heavy atom. The number of carboxylic acid groups (broad SMARTS) is 1. The van der Waals surface area contributed by atoms with Crippen LogP contribution in [-0.4, -0.2) is 16.1 Å². The molecule has 0 bridgehead atoms. The summed E-state index contributed by atoms with van der Waals surface area (Å²) in [4.78, 5) is 14.2. The summed E-state index contributed by atoms with van der Waals surface area (Å²) in [5, 5.41) is 8.77. The fourth-order valence-electron chi connectivity index (χ4n) is 0.605. The monoisotopic (exact) mass is 235 g/mol. The number of aromatic nitrogens is 1. The van der Waals surface area contributed by atoms with Crippen LogP contribution in [0.25, 0.3) is 0 Å². The van der Waals surface area contributed by atoms with E-state index >= 15 is 0 Å². The standard InChI is InChI=1S/C6H3BrClNO2/c7-5-4(6(10)11)3(8)1-2-9-5/h1-2H,(H,10,11). The SMILES string of the molecule is O=C(O)c1c(Cl)ccnc1Br. The first kappa shape index (κ1) is 8.49. The predicted molar refractivity (Wildman–Crippen MR) is 43.9 cm³/mol. The van der Waals surface area contributed by atoms with Crippen LogP contribution in [0.2, 0.25) is 5.02 Å². The van der Waals surface area contributed by atoms with Crippen LogP contribution in [0, 0.1) is 0 Å². The average Bonchev–Trinajstić information content (AvgIpc) is 1.85. The van der Waals surface area contributed by atoms with Gasteiger partial charge in [0.05, 0.1) is 5.02 Å². The van der Waals surface area contributed by atoms with E-state index in [1.807, 2.05) is 0 Å². The molecule has 0 aliphatic heterocycles. The summed E-state index contributed by atoms with van der Waals surface area (Å²) in [6, 6.07) is 1.43. The predicted octanol–water partition coefficient (Wildman–Crippen LogP) is 2.20. The van der Waals surface area contributed by atoms with E-state index in [2.05, 4.69) is 20.9 Å². The van der Waals surface area contributed by atoms with E-state index in [1.165, 1.54) is 12.3 Å². The highest BCUT2D eigenvalue weighted by atomic mass is 79.9. The van der Waals surface area contributed by atoms with Gasteiger partial charge in [0.1, 0.15) is 10.2 Å². The van der Waals surface area contributed by atoms with Crippen molar-refractivity contribution in [3.05, 3.63) is 27.5 Å². The van der Waals surface area contributed by atoms with Crippen molar-refractivity contribution < 1.29 is 9.90 Å². The molecule has 1 heterocycles. The van der Waals surface area contributed by atoms with Crippen molar-refractivity contribution >= 4 is 33.5 Å². The lowest BCUT2D eigenvalue weighted by atomic mass is 10.3. The number of nitrogens with zero attached hydrogens (tertiary/aromatic N) is 1. The Morgan fingerprint density at radius 3 is 2.73 bits per heavy atom. The Labute approximate surface area is 76.1 Å². The third-order valence-corrected chi connectivity index (χ3v) is 1.98. The quantitative estimate of drug-likeness (QED) is 0.761. The largest absolute Gasteiger partial charge is 0.478 e. The van der Waals surface area contributed by atoms with Crippen LogP contribution in [0.15, 0.2) is 16.9 Å². The molecule has 0 spiro atoms. The average molecular weight is 236 g/mol. The molecule has 1 aromatic heterocycles. The Bertz CT molecular complexity index is 282. The maximum Gasteiger partial charge on any atom is 0.339 e. The van der Waals surface area contributed by atoms with E-state index in [-0.39, 0.29) is 15.2 Å². The van der Waals surface area contributed by atoms with Crippen molar-refractivity contribution in [2.24, 2.45) is 0 Å². The number of pyridine rings is 1. The molecule has 0 saturated heterocycles. The van der Waals surface area contributed by atoms with Gasteiger partial charge in [0.15, 0.2) is 0 Å². The smallest absolute Gasteiger partial charge is 0.339 e. The fourth-order valence-corrected chi connectivity index (χ4v) is 1.45. The van der Waals surface area contributed by atoms with Crippen LogP contribution in [0.5, 0.6) is 0 Å². The van der Waals surface area contributed by atoms with Gasteiger partial charge in [-0.2, -0.15) is 0 Å². The van der Waals surface area contributed by atoms with Crippen molar-refractivity contribution in [3.8, 4) is 0 Å². The highest BCUT2D eigenvalue weighted by molar-refractivity contribution is 9.10. The van der Waals surface area contributed by atoms with Gasteiger partial charge in [-0.25, -0.2) is 9.78 Å². The number of carbonyl (C=O) groups is 1. The van der Waals surface area contributed by atoms with E-state index in [4.69, 9.17) is 16.7 Å². The zero-order valence-corrected chi connectivity index (χ0v) is 7.56. The maximum absolute atomic E-state index is 10.5. The summed E-state index contributed by atoms with van der Waals surface area (Å²) in [5.74, 6) is -1.09. The molecule has 0 fully saturated rings. The van der Waals surface area contributed by atoms with Crippen LogP contribution in [0.3, 0.4) is 0 Å². The summed E-state index contributed by atoms with van der Waals surface area (Å²) in [7, 11) is 0. The van der Waals surface area contributed by atoms with E-state index in [1.54, 1.807) is 0 Å². The van der Waals surface area contributed by atoms with Crippen molar-refractivity contribution in [1.82, 2.24) is 4.98 Å². The summed E-state index contributed by atoms with van der Waals surface area (Å²) in [6.45, 7) is 0. The molecule has 3 nitrogen and oxygen atoms in total. The molecule has 0 saturated carbocycles. The summed E-state index contributed by atoms with van der Waals surface area (Å²) < 4.78 is 0.248. The molecule has 1 N–H and O–H groups in total. The third kappa shape index (κ3) is 1.70. The zero-order chi connectivity index (χ0) is 8.43. The van der Waals surface area contributed by atoms with Crippen LogP contribution in [0.1, 0.15) is 10.4 Å². The lowest BCUT2D eigenvalue weighted by molar-refractivity contribution is 0.0695. The minimum absolute atomic E-state index is 0.00540. The number of rotatable bonds is 1. The molecule has 1 aromatic rings. The molecule has 0 amide bonds. The Balaban J connectivity index is 3.32. The molecule has 5 heteroatoms. The van der Waals surface area contributed by atoms with E-state index in [0.29, 0.717) is 0 Å². The second-order valence-corrected chi connectivity index (χ2v) is 2.92. The summed E-state index contributed by atoms with van der Waals surface area (Å²) in [5.41, 5.74) is -0.00540. The number of aromatic carboxylic acids is 1. The molecule has 58 valence electrons. The number of hydrogen-bond acceptors (Lipinski definition) is 2. The molecular weight excluding hydrogens is 233 g/mol. The topological polar surface area (TPSA) is 50.2 Å². The highest BCUT2D eigenvalue weighted by Gasteiger charge is 2.12. The van der Waals surface area contributed by atoms with Gasteiger partial charge >= 0.3 is 5.97 Å². The first-order chi connectivity index (χ1) is 5.13. The second kappa shape index (κ2) is 3.19. The van der Waals surface area contributed by atoms with Crippen molar-refractivity contribution in [2.45, 2.75) is 0 Å². The zero-order valence-electron chi connectivity index (χ0n) is 5.21.